The number of benzene rings is 2. The number of rotatable bonds is 36. The minimum atomic E-state index is -1.45. The van der Waals surface area contributed by atoms with Crippen LogP contribution in [-0.2, 0) is 72.0 Å². The molecule has 6 amide bonds. The van der Waals surface area contributed by atoms with Crippen molar-refractivity contribution in [1.82, 2.24) is 41.1 Å². The molecule has 2 fully saturated rings. The minimum absolute atomic E-state index is 0.0303. The first-order chi connectivity index (χ1) is 40.6. The van der Waals surface area contributed by atoms with Gasteiger partial charge in [-0.1, -0.05) is 44.2 Å². The average molecular weight is 1180 g/mol. The number of primary amides is 1. The average Bonchev–Trinajstić information content (AvgIpc) is 4.30. The van der Waals surface area contributed by atoms with Gasteiger partial charge in [-0.25, -0.2) is 4.98 Å². The van der Waals surface area contributed by atoms with E-state index in [0.29, 0.717) is 36.1 Å². The second-order valence-corrected chi connectivity index (χ2v) is 22.6. The molecule has 2 aliphatic rings. The van der Waals surface area contributed by atoms with Crippen LogP contribution in [0.25, 0.3) is 10.9 Å². The Bertz CT molecular complexity index is 3050. The molecule has 2 aromatic heterocycles. The van der Waals surface area contributed by atoms with Crippen LogP contribution >= 0.6 is 0 Å². The summed E-state index contributed by atoms with van der Waals surface area (Å²) in [6.45, 7) is 3.24. The molecule has 458 valence electrons. The van der Waals surface area contributed by atoms with E-state index in [1.165, 1.54) is 41.7 Å². The number of aliphatic imine (C=N–C) groups is 1. The van der Waals surface area contributed by atoms with Crippen molar-refractivity contribution in [2.75, 3.05) is 19.7 Å². The Balaban J connectivity index is 1.16. The summed E-state index contributed by atoms with van der Waals surface area (Å²) in [5.74, 6) is -9.76. The van der Waals surface area contributed by atoms with Gasteiger partial charge >= 0.3 is 0 Å². The van der Waals surface area contributed by atoms with Gasteiger partial charge in [0.25, 0.3) is 0 Å². The maximum atomic E-state index is 14.6. The minimum Gasteiger partial charge on any atom is -0.508 e. The van der Waals surface area contributed by atoms with Crippen LogP contribution < -0.4 is 38.5 Å². The predicted molar refractivity (Wildman–Crippen MR) is 311 cm³/mol. The highest BCUT2D eigenvalue weighted by Crippen LogP contribution is 2.28. The molecule has 25 nitrogen and oxygen atoms in total. The van der Waals surface area contributed by atoms with Gasteiger partial charge in [0.2, 0.25) is 35.4 Å². The number of para-hydroxylation sites is 1. The van der Waals surface area contributed by atoms with Crippen LogP contribution in [0.3, 0.4) is 0 Å². The Labute approximate surface area is 492 Å². The number of ketones is 5. The molecule has 2 aromatic carbocycles. The summed E-state index contributed by atoms with van der Waals surface area (Å²) in [4.78, 5) is 165. The number of imidazole rings is 1. The first-order valence-electron chi connectivity index (χ1n) is 29.0. The number of guanidine groups is 1. The molecule has 14 N–H and O–H groups in total. The van der Waals surface area contributed by atoms with Crippen molar-refractivity contribution < 1.29 is 63.0 Å². The highest BCUT2D eigenvalue weighted by atomic mass is 16.3. The molecule has 25 heteroatoms. The zero-order valence-corrected chi connectivity index (χ0v) is 48.1. The normalized spacial score (nSPS) is 17.0. The lowest BCUT2D eigenvalue weighted by Gasteiger charge is -2.29. The van der Waals surface area contributed by atoms with Crippen LogP contribution in [0.1, 0.15) is 121 Å². The number of hydrogen-bond acceptors (Lipinski definition) is 15. The number of aromatic amines is 2. The SMILES string of the molecule is CC(C)C[C@H](NC(=O)CCC(=O)[C@H](Cc1ccc(O)cc1)NC(=O)[C@H](CO)CC(=O)[C@H](Cc1c[nH]c2ccccc12)NC(=O)[C@@H](CC(=O)[C@@H]1CCC(=O)N1)Cc1cnc[nH]1)C(=O)C[C@@H](CCCN=C(N)N)C(=O)N1CCC[C@H]1C(=O)CCC(N)=O. The summed E-state index contributed by atoms with van der Waals surface area (Å²) < 4.78 is 0. The van der Waals surface area contributed by atoms with Crippen molar-refractivity contribution in [1.29, 1.82) is 0 Å². The van der Waals surface area contributed by atoms with E-state index in [9.17, 15) is 63.0 Å². The lowest BCUT2D eigenvalue weighted by atomic mass is 9.89. The van der Waals surface area contributed by atoms with Crippen molar-refractivity contribution in [3.63, 3.8) is 0 Å². The Hall–Kier alpha value is -8.61. The van der Waals surface area contributed by atoms with Gasteiger partial charge in [0.1, 0.15) is 5.75 Å². The summed E-state index contributed by atoms with van der Waals surface area (Å²) in [5.41, 5.74) is 18.8. The third-order valence-corrected chi connectivity index (χ3v) is 15.5. The number of phenolic OH excluding ortho intramolecular Hbond substituents is 1. The number of nitrogens with two attached hydrogens (primary N) is 3. The summed E-state index contributed by atoms with van der Waals surface area (Å²) in [6.07, 6.45) is 4.04. The number of aliphatic hydroxyl groups is 1. The molecule has 0 radical (unpaired) electrons. The standard InChI is InChI=1S/C60H80N12O13/c1-34(2)23-45(52(78)27-36(7-5-21-65-60(62)63)59(85)72-22-6-10-48(72)50(76)16-18-54(61)80)69-56(82)20-17-49(75)46(24-35-11-13-41(74)14-12-35)70-58(84)39(32-73)29-53(79)47(26-38-30-66-43-9-4-3-8-42(38)43)71-57(83)37(25-40-31-64-33-67-40)28-51(77)44-15-19-55(81)68-44/h3-4,8-9,11-14,30-31,33-34,36-37,39,44-48,66,73-74H,5-7,10,15-29,32H2,1-2H3,(H2,61,80)(H,64,67)(H,68,81)(H,69,82)(H,70,84)(H,71,83)(H4,62,63,65)/t36-,37-,39+,44+,45+,46+,47+,48+/m1/s1. The number of nitrogens with one attached hydrogen (secondary N) is 6. The number of aromatic hydroxyl groups is 1. The first-order valence-corrected chi connectivity index (χ1v) is 29.0. The Morgan fingerprint density at radius 1 is 0.753 bits per heavy atom. The molecule has 85 heavy (non-hydrogen) atoms. The Morgan fingerprint density at radius 3 is 2.11 bits per heavy atom. The van der Waals surface area contributed by atoms with E-state index < -0.39 is 121 Å². The van der Waals surface area contributed by atoms with E-state index in [4.69, 9.17) is 17.2 Å². The number of hydrogen-bond donors (Lipinski definition) is 11. The molecule has 4 aromatic rings. The summed E-state index contributed by atoms with van der Waals surface area (Å²) in [5, 5.41) is 32.4. The number of fused-ring (bicyclic) bond motifs is 1. The van der Waals surface area contributed by atoms with Gasteiger partial charge in [0.15, 0.2) is 34.9 Å². The molecule has 2 aliphatic heterocycles. The largest absolute Gasteiger partial charge is 0.508 e. The van der Waals surface area contributed by atoms with E-state index in [2.05, 4.69) is 41.2 Å². The molecule has 0 unspecified atom stereocenters. The van der Waals surface area contributed by atoms with Gasteiger partial charge in [0.05, 0.1) is 55.0 Å². The van der Waals surface area contributed by atoms with E-state index in [1.807, 2.05) is 38.1 Å². The number of Topliss-reactive ketones (excluding diaryl/α,β-unsaturated/α-hetero) is 5. The number of aliphatic hydroxyl groups excluding tert-OH is 1. The van der Waals surface area contributed by atoms with Crippen molar-refractivity contribution in [2.45, 2.75) is 153 Å². The number of nitrogens with zero attached hydrogens (tertiary/aromatic N) is 3. The monoisotopic (exact) mass is 1180 g/mol. The fourth-order valence-electron chi connectivity index (χ4n) is 10.9. The summed E-state index contributed by atoms with van der Waals surface area (Å²) >= 11 is 0. The molecular formula is C60H80N12O13. The van der Waals surface area contributed by atoms with Crippen LogP contribution in [0, 0.1) is 23.7 Å². The van der Waals surface area contributed by atoms with Gasteiger partial charge in [-0.05, 0) is 80.2 Å². The lowest BCUT2D eigenvalue weighted by molar-refractivity contribution is -0.143. The molecule has 2 saturated heterocycles. The van der Waals surface area contributed by atoms with Crippen LogP contribution in [0.2, 0.25) is 0 Å². The fourth-order valence-corrected chi connectivity index (χ4v) is 10.9. The van der Waals surface area contributed by atoms with Crippen LogP contribution in [-0.4, -0.2) is 150 Å². The number of phenols is 1. The number of aromatic nitrogens is 3. The topological polar surface area (TPSA) is 414 Å². The number of amides is 6. The summed E-state index contributed by atoms with van der Waals surface area (Å²) in [6, 6.07) is 7.83. The highest BCUT2D eigenvalue weighted by molar-refractivity contribution is 5.99. The van der Waals surface area contributed by atoms with Gasteiger partial charge in [-0.15, -0.1) is 0 Å². The van der Waals surface area contributed by atoms with Crippen molar-refractivity contribution in [3.05, 3.63) is 84.1 Å². The van der Waals surface area contributed by atoms with E-state index in [0.717, 1.165) is 10.9 Å². The second kappa shape index (κ2) is 31.9. The molecule has 0 saturated carbocycles. The molecular weight excluding hydrogens is 1100 g/mol. The van der Waals surface area contributed by atoms with E-state index in [1.54, 1.807) is 6.20 Å². The quantitative estimate of drug-likeness (QED) is 0.0174. The van der Waals surface area contributed by atoms with Crippen molar-refractivity contribution in [2.24, 2.45) is 45.9 Å². The van der Waals surface area contributed by atoms with Crippen LogP contribution in [0.4, 0.5) is 0 Å². The smallest absolute Gasteiger partial charge is 0.226 e. The first kappa shape index (κ1) is 65.5. The lowest BCUT2D eigenvalue weighted by Crippen LogP contribution is -2.49. The van der Waals surface area contributed by atoms with Gasteiger partial charge in [-0.3, -0.25) is 57.7 Å². The van der Waals surface area contributed by atoms with Crippen LogP contribution in [0.15, 0.2) is 72.2 Å². The second-order valence-electron chi connectivity index (χ2n) is 22.6. The maximum absolute atomic E-state index is 14.6. The number of carbonyl (C=O) groups excluding carboxylic acids is 11. The Morgan fingerprint density at radius 2 is 1.45 bits per heavy atom. The maximum Gasteiger partial charge on any atom is 0.226 e. The van der Waals surface area contributed by atoms with Gasteiger partial charge in [0, 0.05) is 112 Å². The molecule has 6 rings (SSSR count). The number of H-pyrrole nitrogens is 2. The molecule has 4 heterocycles. The zero-order valence-electron chi connectivity index (χ0n) is 48.1. The van der Waals surface area contributed by atoms with Crippen LogP contribution in [0.5, 0.6) is 5.75 Å². The number of carbonyl (C=O) groups is 11. The van der Waals surface area contributed by atoms with Gasteiger partial charge in [-0.2, -0.15) is 0 Å². The number of likely N-dealkylation sites (tertiary alicyclic amines) is 1. The van der Waals surface area contributed by atoms with Gasteiger partial charge < -0.3 is 63.5 Å². The zero-order chi connectivity index (χ0) is 61.7. The van der Waals surface area contributed by atoms with E-state index in [-0.39, 0.29) is 119 Å². The van der Waals surface area contributed by atoms with E-state index >= 15 is 0 Å². The fraction of sp³-hybridized carbons (Fsp3) is 0.517. The predicted octanol–water partition coefficient (Wildman–Crippen LogP) is 1.35. The Kier molecular flexibility index (Phi) is 24.6. The third-order valence-electron chi connectivity index (χ3n) is 15.5. The molecule has 0 spiro atoms. The molecule has 8 atom stereocenters. The molecule has 0 bridgehead atoms. The third kappa shape index (κ3) is 20.0. The highest BCUT2D eigenvalue weighted by Gasteiger charge is 2.39. The molecule has 0 aliphatic carbocycles. The van der Waals surface area contributed by atoms with Crippen molar-refractivity contribution in [3.8, 4) is 5.75 Å². The summed E-state index contributed by atoms with van der Waals surface area (Å²) in [7, 11) is 0. The van der Waals surface area contributed by atoms with Crippen molar-refractivity contribution >= 4 is 81.2 Å².